The summed E-state index contributed by atoms with van der Waals surface area (Å²) >= 11 is 0. The van der Waals surface area contributed by atoms with E-state index in [2.05, 4.69) is 10.3 Å². The zero-order chi connectivity index (χ0) is 19.5. The summed E-state index contributed by atoms with van der Waals surface area (Å²) in [6, 6.07) is 24.5. The van der Waals surface area contributed by atoms with Crippen LogP contribution in [0, 0.1) is 0 Å². The molecule has 1 N–H and O–H groups in total. The molecular formula is C24H18N2O2. The van der Waals surface area contributed by atoms with E-state index >= 15 is 0 Å². The van der Waals surface area contributed by atoms with Crippen LogP contribution in [0.5, 0.6) is 0 Å². The van der Waals surface area contributed by atoms with E-state index in [0.717, 1.165) is 22.0 Å². The third-order valence-corrected chi connectivity index (χ3v) is 4.62. The highest BCUT2D eigenvalue weighted by atomic mass is 16.1. The van der Waals surface area contributed by atoms with E-state index in [4.69, 9.17) is 0 Å². The number of ketones is 1. The number of benzene rings is 3. The number of pyridine rings is 1. The molecule has 1 amide bonds. The number of nitrogens with zero attached hydrogens (tertiary/aromatic N) is 1. The van der Waals surface area contributed by atoms with Crippen molar-refractivity contribution in [1.29, 1.82) is 0 Å². The zero-order valence-corrected chi connectivity index (χ0v) is 15.3. The Bertz CT molecular complexity index is 1160. The minimum absolute atomic E-state index is 0.0336. The minimum Gasteiger partial charge on any atom is -0.321 e. The van der Waals surface area contributed by atoms with Crippen LogP contribution in [0.3, 0.4) is 0 Å². The van der Waals surface area contributed by atoms with Crippen molar-refractivity contribution in [2.75, 3.05) is 5.32 Å². The Morgan fingerprint density at radius 3 is 2.18 bits per heavy atom. The van der Waals surface area contributed by atoms with E-state index in [9.17, 15) is 9.59 Å². The molecular weight excluding hydrogens is 348 g/mol. The Morgan fingerprint density at radius 2 is 1.50 bits per heavy atom. The largest absolute Gasteiger partial charge is 0.321 e. The molecule has 4 nitrogen and oxygen atoms in total. The van der Waals surface area contributed by atoms with Crippen molar-refractivity contribution in [3.05, 3.63) is 96.2 Å². The van der Waals surface area contributed by atoms with Crippen molar-refractivity contribution in [3.63, 3.8) is 0 Å². The minimum atomic E-state index is -0.175. The van der Waals surface area contributed by atoms with Crippen LogP contribution in [0.15, 0.2) is 85.1 Å². The Morgan fingerprint density at radius 1 is 0.786 bits per heavy atom. The average Bonchev–Trinajstić information content (AvgIpc) is 2.74. The maximum absolute atomic E-state index is 12.5. The van der Waals surface area contributed by atoms with Gasteiger partial charge in [0.2, 0.25) is 0 Å². The second kappa shape index (κ2) is 7.45. The summed E-state index contributed by atoms with van der Waals surface area (Å²) in [6.07, 6.45) is 1.63. The number of hydrogen-bond acceptors (Lipinski definition) is 3. The summed E-state index contributed by atoms with van der Waals surface area (Å²) < 4.78 is 0. The quantitative estimate of drug-likeness (QED) is 0.495. The topological polar surface area (TPSA) is 59.1 Å². The molecule has 0 aliphatic carbocycles. The molecule has 136 valence electrons. The van der Waals surface area contributed by atoms with Gasteiger partial charge in [-0.25, -0.2) is 0 Å². The predicted molar refractivity (Wildman–Crippen MR) is 112 cm³/mol. The summed E-state index contributed by atoms with van der Waals surface area (Å²) in [5.74, 6) is -0.141. The van der Waals surface area contributed by atoms with Gasteiger partial charge in [-0.3, -0.25) is 14.6 Å². The molecule has 0 spiro atoms. The second-order valence-electron chi connectivity index (χ2n) is 6.58. The van der Waals surface area contributed by atoms with E-state index < -0.39 is 0 Å². The normalized spacial score (nSPS) is 10.6. The van der Waals surface area contributed by atoms with Gasteiger partial charge < -0.3 is 5.32 Å². The van der Waals surface area contributed by atoms with Crippen LogP contribution in [-0.4, -0.2) is 16.7 Å². The predicted octanol–water partition coefficient (Wildman–Crippen LogP) is 5.36. The molecule has 0 saturated heterocycles. The van der Waals surface area contributed by atoms with Gasteiger partial charge in [0.25, 0.3) is 5.91 Å². The highest BCUT2D eigenvalue weighted by Crippen LogP contribution is 2.20. The standard InChI is InChI=1S/C24H18N2O2/c1-16(27)17-6-9-19(10-7-17)23-13-12-22(15-25-23)26-24(28)21-11-8-18-4-2-3-5-20(18)14-21/h2-15H,1H3,(H,26,28). The Balaban J connectivity index is 1.50. The van der Waals surface area contributed by atoms with E-state index in [1.54, 1.807) is 25.3 Å². The van der Waals surface area contributed by atoms with Crippen molar-refractivity contribution >= 4 is 28.2 Å². The van der Waals surface area contributed by atoms with Crippen LogP contribution < -0.4 is 5.32 Å². The Labute approximate surface area is 162 Å². The molecule has 0 radical (unpaired) electrons. The van der Waals surface area contributed by atoms with Gasteiger partial charge in [0.1, 0.15) is 0 Å². The number of Topliss-reactive ketones (excluding diaryl/α,β-unsaturated/α-hetero) is 1. The number of rotatable bonds is 4. The Kier molecular flexibility index (Phi) is 4.68. The SMILES string of the molecule is CC(=O)c1ccc(-c2ccc(NC(=O)c3ccc4ccccc4c3)cn2)cc1. The molecule has 4 rings (SSSR count). The molecule has 0 unspecified atom stereocenters. The lowest BCUT2D eigenvalue weighted by atomic mass is 10.1. The van der Waals surface area contributed by atoms with Gasteiger partial charge in [-0.1, -0.05) is 54.6 Å². The smallest absolute Gasteiger partial charge is 0.255 e. The van der Waals surface area contributed by atoms with Gasteiger partial charge in [-0.2, -0.15) is 0 Å². The van der Waals surface area contributed by atoms with Gasteiger partial charge in [0.15, 0.2) is 5.78 Å². The number of carbonyl (C=O) groups is 2. The fourth-order valence-corrected chi connectivity index (χ4v) is 3.05. The second-order valence-corrected chi connectivity index (χ2v) is 6.58. The van der Waals surface area contributed by atoms with Crippen LogP contribution in [0.25, 0.3) is 22.0 Å². The highest BCUT2D eigenvalue weighted by Gasteiger charge is 2.08. The molecule has 4 aromatic rings. The molecule has 0 bridgehead atoms. The maximum atomic E-state index is 12.5. The maximum Gasteiger partial charge on any atom is 0.255 e. The number of aromatic nitrogens is 1. The average molecular weight is 366 g/mol. The van der Waals surface area contributed by atoms with Crippen LogP contribution in [-0.2, 0) is 0 Å². The summed E-state index contributed by atoms with van der Waals surface area (Å²) in [7, 11) is 0. The number of nitrogens with one attached hydrogen (secondary N) is 1. The zero-order valence-electron chi connectivity index (χ0n) is 15.3. The van der Waals surface area contributed by atoms with Crippen LogP contribution >= 0.6 is 0 Å². The van der Waals surface area contributed by atoms with Gasteiger partial charge in [0, 0.05) is 16.7 Å². The van der Waals surface area contributed by atoms with Crippen molar-refractivity contribution in [2.24, 2.45) is 0 Å². The van der Waals surface area contributed by atoms with E-state index in [0.29, 0.717) is 16.8 Å². The molecule has 0 fully saturated rings. The number of carbonyl (C=O) groups excluding carboxylic acids is 2. The van der Waals surface area contributed by atoms with Gasteiger partial charge >= 0.3 is 0 Å². The van der Waals surface area contributed by atoms with Crippen LogP contribution in [0.2, 0.25) is 0 Å². The number of amides is 1. The van der Waals surface area contributed by atoms with Gasteiger partial charge in [0.05, 0.1) is 17.6 Å². The van der Waals surface area contributed by atoms with Crippen molar-refractivity contribution in [2.45, 2.75) is 6.92 Å². The molecule has 4 heteroatoms. The summed E-state index contributed by atoms with van der Waals surface area (Å²) in [5, 5.41) is 5.00. The van der Waals surface area contributed by atoms with Crippen LogP contribution in [0.4, 0.5) is 5.69 Å². The highest BCUT2D eigenvalue weighted by molar-refractivity contribution is 6.06. The number of hydrogen-bond donors (Lipinski definition) is 1. The molecule has 0 aliphatic rings. The van der Waals surface area contributed by atoms with Crippen molar-refractivity contribution in [1.82, 2.24) is 4.98 Å². The van der Waals surface area contributed by atoms with Gasteiger partial charge in [-0.05, 0) is 42.0 Å². The Hall–Kier alpha value is -3.79. The molecule has 28 heavy (non-hydrogen) atoms. The summed E-state index contributed by atoms with van der Waals surface area (Å²) in [6.45, 7) is 1.54. The molecule has 0 atom stereocenters. The van der Waals surface area contributed by atoms with E-state index in [1.807, 2.05) is 66.7 Å². The molecule has 1 aromatic heterocycles. The summed E-state index contributed by atoms with van der Waals surface area (Å²) in [5.41, 5.74) is 3.59. The third kappa shape index (κ3) is 3.67. The molecule has 0 aliphatic heterocycles. The van der Waals surface area contributed by atoms with E-state index in [1.165, 1.54) is 0 Å². The van der Waals surface area contributed by atoms with Crippen molar-refractivity contribution in [3.8, 4) is 11.3 Å². The number of fused-ring (bicyclic) bond motifs is 1. The first-order valence-corrected chi connectivity index (χ1v) is 8.98. The van der Waals surface area contributed by atoms with E-state index in [-0.39, 0.29) is 11.7 Å². The fourth-order valence-electron chi connectivity index (χ4n) is 3.05. The molecule has 1 heterocycles. The summed E-state index contributed by atoms with van der Waals surface area (Å²) in [4.78, 5) is 28.3. The first kappa shape index (κ1) is 17.6. The fraction of sp³-hybridized carbons (Fsp3) is 0.0417. The lowest BCUT2D eigenvalue weighted by molar-refractivity contribution is 0.101. The van der Waals surface area contributed by atoms with Crippen molar-refractivity contribution < 1.29 is 9.59 Å². The van der Waals surface area contributed by atoms with Gasteiger partial charge in [-0.15, -0.1) is 0 Å². The lowest BCUT2D eigenvalue weighted by Gasteiger charge is -2.07. The van der Waals surface area contributed by atoms with Crippen LogP contribution in [0.1, 0.15) is 27.6 Å². The lowest BCUT2D eigenvalue weighted by Crippen LogP contribution is -2.11. The first-order valence-electron chi connectivity index (χ1n) is 8.98. The molecule has 3 aromatic carbocycles. The monoisotopic (exact) mass is 366 g/mol. The molecule has 0 saturated carbocycles. The number of anilines is 1. The third-order valence-electron chi connectivity index (χ3n) is 4.62. The first-order chi connectivity index (χ1) is 13.6.